The van der Waals surface area contributed by atoms with Gasteiger partial charge in [0.2, 0.25) is 0 Å². The summed E-state index contributed by atoms with van der Waals surface area (Å²) in [6.07, 6.45) is -2.91. The molecule has 1 amide bonds. The van der Waals surface area contributed by atoms with Crippen molar-refractivity contribution < 1.29 is 22.4 Å². The largest absolute Gasteiger partial charge is 0.457 e. The minimum Gasteiger partial charge on any atom is -0.457 e. The summed E-state index contributed by atoms with van der Waals surface area (Å²) in [6.45, 7) is 3.95. The van der Waals surface area contributed by atoms with E-state index >= 15 is 0 Å². The molecule has 0 aliphatic carbocycles. The van der Waals surface area contributed by atoms with Crippen LogP contribution in [0.3, 0.4) is 0 Å². The van der Waals surface area contributed by atoms with Crippen molar-refractivity contribution in [2.45, 2.75) is 20.0 Å². The number of nitrogens with zero attached hydrogens (tertiary/aromatic N) is 2. The first-order chi connectivity index (χ1) is 15.1. The highest BCUT2D eigenvalue weighted by atomic mass is 32.1. The number of carbonyl (C=O) groups is 1. The third-order valence-corrected chi connectivity index (χ3v) is 5.85. The molecule has 32 heavy (non-hydrogen) atoms. The van der Waals surface area contributed by atoms with E-state index in [1.54, 1.807) is 24.1 Å². The van der Waals surface area contributed by atoms with Crippen LogP contribution in [0, 0.1) is 13.8 Å². The molecule has 1 saturated heterocycles. The van der Waals surface area contributed by atoms with Gasteiger partial charge in [-0.2, -0.15) is 13.2 Å². The van der Waals surface area contributed by atoms with Crippen LogP contribution in [0.5, 0.6) is 0 Å². The molecule has 8 heteroatoms. The Labute approximate surface area is 188 Å². The minimum atomic E-state index is -4.44. The standard InChI is InChI=1S/C24H19F3N2O2S/c1-14-7-8-18(11-15(14)2)29-22(30)20(28(3)23(29)32)13-19-9-10-21(31-19)16-5-4-6-17(12-16)24(25,26)27/h4-13H,1-3H3/b20-13-. The van der Waals surface area contributed by atoms with E-state index in [2.05, 4.69) is 0 Å². The van der Waals surface area contributed by atoms with Gasteiger partial charge in [-0.3, -0.25) is 9.69 Å². The van der Waals surface area contributed by atoms with Gasteiger partial charge < -0.3 is 9.32 Å². The van der Waals surface area contributed by atoms with Gasteiger partial charge in [0.05, 0.1) is 11.3 Å². The molecular formula is C24H19F3N2O2S. The van der Waals surface area contributed by atoms with Crippen molar-refractivity contribution in [1.82, 2.24) is 4.90 Å². The lowest BCUT2D eigenvalue weighted by Gasteiger charge is -2.17. The van der Waals surface area contributed by atoms with E-state index in [4.69, 9.17) is 16.6 Å². The number of benzene rings is 2. The lowest BCUT2D eigenvalue weighted by molar-refractivity contribution is -0.137. The molecule has 0 radical (unpaired) electrons. The minimum absolute atomic E-state index is 0.268. The van der Waals surface area contributed by atoms with Gasteiger partial charge >= 0.3 is 6.18 Å². The molecule has 3 aromatic rings. The van der Waals surface area contributed by atoms with E-state index in [1.165, 1.54) is 23.1 Å². The van der Waals surface area contributed by atoms with E-state index in [1.807, 2.05) is 32.0 Å². The van der Waals surface area contributed by atoms with Crippen LogP contribution in [0.25, 0.3) is 17.4 Å². The maximum Gasteiger partial charge on any atom is 0.416 e. The second-order valence-corrected chi connectivity index (χ2v) is 7.93. The van der Waals surface area contributed by atoms with Crippen LogP contribution in [-0.4, -0.2) is 23.0 Å². The van der Waals surface area contributed by atoms with Crippen molar-refractivity contribution in [3.63, 3.8) is 0 Å². The molecule has 1 aliphatic rings. The predicted octanol–water partition coefficient (Wildman–Crippen LogP) is 6.19. The van der Waals surface area contributed by atoms with Crippen LogP contribution in [0.4, 0.5) is 18.9 Å². The molecule has 0 atom stereocenters. The molecule has 2 aromatic carbocycles. The predicted molar refractivity (Wildman–Crippen MR) is 121 cm³/mol. The van der Waals surface area contributed by atoms with Crippen molar-refractivity contribution in [1.29, 1.82) is 0 Å². The van der Waals surface area contributed by atoms with Crippen molar-refractivity contribution in [2.24, 2.45) is 0 Å². The number of alkyl halides is 3. The Bertz CT molecular complexity index is 1260. The van der Waals surface area contributed by atoms with Crippen LogP contribution < -0.4 is 4.90 Å². The molecule has 2 heterocycles. The average molecular weight is 456 g/mol. The fraction of sp³-hybridized carbons (Fsp3) is 0.167. The van der Waals surface area contributed by atoms with Gasteiger partial charge in [0.1, 0.15) is 17.2 Å². The molecule has 1 fully saturated rings. The summed E-state index contributed by atoms with van der Waals surface area (Å²) >= 11 is 5.48. The van der Waals surface area contributed by atoms with Crippen molar-refractivity contribution in [2.75, 3.05) is 11.9 Å². The lowest BCUT2D eigenvalue weighted by Crippen LogP contribution is -2.31. The third kappa shape index (κ3) is 3.93. The van der Waals surface area contributed by atoms with Crippen molar-refractivity contribution in [3.8, 4) is 11.3 Å². The fourth-order valence-corrected chi connectivity index (χ4v) is 3.70. The van der Waals surface area contributed by atoms with E-state index in [-0.39, 0.29) is 11.7 Å². The average Bonchev–Trinajstić information content (AvgIpc) is 3.29. The van der Waals surface area contributed by atoms with Gasteiger partial charge in [-0.05, 0) is 73.6 Å². The number of aryl methyl sites for hydroxylation is 2. The van der Waals surface area contributed by atoms with Crippen LogP contribution in [0.1, 0.15) is 22.5 Å². The number of rotatable bonds is 3. The topological polar surface area (TPSA) is 36.7 Å². The number of hydrogen-bond acceptors (Lipinski definition) is 3. The van der Waals surface area contributed by atoms with Crippen LogP contribution >= 0.6 is 12.2 Å². The smallest absolute Gasteiger partial charge is 0.416 e. The Morgan fingerprint density at radius 2 is 1.75 bits per heavy atom. The molecule has 0 spiro atoms. The zero-order valence-electron chi connectivity index (χ0n) is 17.5. The fourth-order valence-electron chi connectivity index (χ4n) is 3.42. The number of thiocarbonyl (C=S) groups is 1. The Morgan fingerprint density at radius 3 is 2.44 bits per heavy atom. The summed E-state index contributed by atoms with van der Waals surface area (Å²) in [5, 5.41) is 0.328. The van der Waals surface area contributed by atoms with E-state index < -0.39 is 11.7 Å². The zero-order chi connectivity index (χ0) is 23.2. The number of hydrogen-bond donors (Lipinski definition) is 0. The first kappa shape index (κ1) is 21.8. The van der Waals surface area contributed by atoms with Crippen molar-refractivity contribution in [3.05, 3.63) is 82.7 Å². The second-order valence-electron chi connectivity index (χ2n) is 7.56. The number of anilines is 1. The Balaban J connectivity index is 1.65. The molecular weight excluding hydrogens is 437 g/mol. The summed E-state index contributed by atoms with van der Waals surface area (Å²) in [6, 6.07) is 13.7. The number of furan rings is 1. The van der Waals surface area contributed by atoms with E-state index in [9.17, 15) is 18.0 Å². The quantitative estimate of drug-likeness (QED) is 0.348. The number of carbonyl (C=O) groups excluding carboxylic acids is 1. The van der Waals surface area contributed by atoms with Crippen LogP contribution in [-0.2, 0) is 11.0 Å². The number of amides is 1. The van der Waals surface area contributed by atoms with Crippen LogP contribution in [0.15, 0.2) is 64.7 Å². The molecule has 0 unspecified atom stereocenters. The molecule has 164 valence electrons. The summed E-state index contributed by atoms with van der Waals surface area (Å²) in [5.74, 6) is 0.291. The normalized spacial score (nSPS) is 15.9. The maximum absolute atomic E-state index is 13.1. The lowest BCUT2D eigenvalue weighted by atomic mass is 10.1. The van der Waals surface area contributed by atoms with E-state index in [0.717, 1.165) is 23.3 Å². The Morgan fingerprint density at radius 1 is 1.00 bits per heavy atom. The third-order valence-electron chi connectivity index (χ3n) is 5.39. The van der Waals surface area contributed by atoms with Gasteiger partial charge in [0.15, 0.2) is 5.11 Å². The monoisotopic (exact) mass is 456 g/mol. The molecule has 0 N–H and O–H groups in total. The first-order valence-corrected chi connectivity index (χ1v) is 10.2. The summed E-state index contributed by atoms with van der Waals surface area (Å²) in [7, 11) is 1.68. The number of halogens is 3. The molecule has 4 nitrogen and oxygen atoms in total. The second kappa shape index (κ2) is 7.94. The van der Waals surface area contributed by atoms with Crippen LogP contribution in [0.2, 0.25) is 0 Å². The zero-order valence-corrected chi connectivity index (χ0v) is 18.3. The first-order valence-electron chi connectivity index (χ1n) is 9.75. The molecule has 4 rings (SSSR count). The highest BCUT2D eigenvalue weighted by Gasteiger charge is 2.37. The SMILES string of the molecule is Cc1ccc(N2C(=O)/C(=C/c3ccc(-c4cccc(C(F)(F)F)c4)o3)N(C)C2=S)cc1C. The Hall–Kier alpha value is -3.39. The molecule has 1 aliphatic heterocycles. The molecule has 0 bridgehead atoms. The van der Waals surface area contributed by atoms with Gasteiger partial charge in [-0.25, -0.2) is 0 Å². The molecule has 1 aromatic heterocycles. The Kier molecular flexibility index (Phi) is 5.42. The highest BCUT2D eigenvalue weighted by molar-refractivity contribution is 7.80. The highest BCUT2D eigenvalue weighted by Crippen LogP contribution is 2.34. The molecule has 0 saturated carbocycles. The van der Waals surface area contributed by atoms with E-state index in [0.29, 0.717) is 27.8 Å². The summed E-state index contributed by atoms with van der Waals surface area (Å²) < 4.78 is 44.7. The van der Waals surface area contributed by atoms with Crippen molar-refractivity contribution >= 4 is 35.0 Å². The maximum atomic E-state index is 13.1. The van der Waals surface area contributed by atoms with Gasteiger partial charge in [-0.1, -0.05) is 18.2 Å². The number of likely N-dealkylation sites (N-methyl/N-ethyl adjacent to an activating group) is 1. The summed E-state index contributed by atoms with van der Waals surface area (Å²) in [5.41, 5.74) is 2.65. The summed E-state index contributed by atoms with van der Waals surface area (Å²) in [4.78, 5) is 16.2. The van der Waals surface area contributed by atoms with Gasteiger partial charge in [0, 0.05) is 18.7 Å². The van der Waals surface area contributed by atoms with Gasteiger partial charge in [0.25, 0.3) is 5.91 Å². The van der Waals surface area contributed by atoms with Gasteiger partial charge in [-0.15, -0.1) is 0 Å².